The molecule has 3 heteroatoms. The topological polar surface area (TPSA) is 56.2 Å². The van der Waals surface area contributed by atoms with E-state index in [-0.39, 0.29) is 13.2 Å². The number of aliphatic hydroxyl groups excluding tert-OH is 2. The van der Waals surface area contributed by atoms with Crippen LogP contribution < -0.4 is 0 Å². The summed E-state index contributed by atoms with van der Waals surface area (Å²) in [7, 11) is 0. The van der Waals surface area contributed by atoms with Crippen molar-refractivity contribution in [1.29, 1.82) is 0 Å². The van der Waals surface area contributed by atoms with Gasteiger partial charge in [-0.05, 0) is 0 Å². The number of benzene rings is 1. The number of hydrogen-bond acceptors (Lipinski definition) is 2. The molecule has 13 heavy (non-hydrogen) atoms. The van der Waals surface area contributed by atoms with Crippen molar-refractivity contribution in [3.63, 3.8) is 0 Å². The lowest BCUT2D eigenvalue weighted by Gasteiger charge is -1.91. The van der Waals surface area contributed by atoms with Crippen molar-refractivity contribution in [1.82, 2.24) is 4.98 Å². The van der Waals surface area contributed by atoms with E-state index in [2.05, 4.69) is 4.98 Å². The zero-order chi connectivity index (χ0) is 9.26. The van der Waals surface area contributed by atoms with E-state index in [9.17, 15) is 0 Å². The summed E-state index contributed by atoms with van der Waals surface area (Å²) in [6, 6.07) is 7.68. The molecule has 68 valence electrons. The van der Waals surface area contributed by atoms with E-state index in [1.54, 1.807) is 0 Å². The van der Waals surface area contributed by atoms with Gasteiger partial charge in [-0.2, -0.15) is 0 Å². The number of aromatic nitrogens is 1. The third-order valence-corrected chi connectivity index (χ3v) is 2.20. The molecule has 1 aromatic heterocycles. The molecule has 2 aromatic rings. The van der Waals surface area contributed by atoms with E-state index in [0.29, 0.717) is 0 Å². The lowest BCUT2D eigenvalue weighted by Crippen LogP contribution is -1.85. The van der Waals surface area contributed by atoms with Crippen LogP contribution in [0.25, 0.3) is 10.8 Å². The molecular formula is C10H11NO2. The minimum atomic E-state index is -0.0273. The van der Waals surface area contributed by atoms with Gasteiger partial charge >= 0.3 is 0 Å². The van der Waals surface area contributed by atoms with Gasteiger partial charge in [0, 0.05) is 22.2 Å². The second-order valence-electron chi connectivity index (χ2n) is 2.94. The molecule has 3 nitrogen and oxygen atoms in total. The van der Waals surface area contributed by atoms with Crippen LogP contribution in [0, 0.1) is 0 Å². The monoisotopic (exact) mass is 177 g/mol. The number of aromatic amines is 1. The van der Waals surface area contributed by atoms with Crippen molar-refractivity contribution >= 4 is 10.8 Å². The first-order valence-electron chi connectivity index (χ1n) is 4.17. The Morgan fingerprint density at radius 1 is 0.923 bits per heavy atom. The van der Waals surface area contributed by atoms with Crippen molar-refractivity contribution in [2.75, 3.05) is 0 Å². The Hall–Kier alpha value is -1.32. The third kappa shape index (κ3) is 1.22. The van der Waals surface area contributed by atoms with Crippen LogP contribution >= 0.6 is 0 Å². The van der Waals surface area contributed by atoms with Gasteiger partial charge in [0.25, 0.3) is 0 Å². The Balaban J connectivity index is 2.74. The first-order chi connectivity index (χ1) is 6.36. The molecule has 0 aliphatic carbocycles. The van der Waals surface area contributed by atoms with Gasteiger partial charge in [-0.1, -0.05) is 24.3 Å². The van der Waals surface area contributed by atoms with Crippen LogP contribution in [0.4, 0.5) is 0 Å². The molecule has 0 saturated heterocycles. The molecule has 1 heterocycles. The Kier molecular flexibility index (Phi) is 2.04. The molecule has 0 spiro atoms. The summed E-state index contributed by atoms with van der Waals surface area (Å²) in [5, 5.41) is 20.0. The lowest BCUT2D eigenvalue weighted by molar-refractivity contribution is 0.270. The number of aliphatic hydroxyl groups is 2. The fraction of sp³-hybridized carbons (Fsp3) is 0.200. The van der Waals surface area contributed by atoms with Crippen molar-refractivity contribution in [3.8, 4) is 0 Å². The van der Waals surface area contributed by atoms with Gasteiger partial charge in [0.15, 0.2) is 0 Å². The van der Waals surface area contributed by atoms with Crippen molar-refractivity contribution in [2.24, 2.45) is 0 Å². The summed E-state index contributed by atoms with van der Waals surface area (Å²) < 4.78 is 0. The van der Waals surface area contributed by atoms with Crippen LogP contribution in [-0.4, -0.2) is 15.2 Å². The van der Waals surface area contributed by atoms with E-state index in [1.165, 1.54) is 0 Å². The van der Waals surface area contributed by atoms with Crippen molar-refractivity contribution < 1.29 is 10.2 Å². The molecule has 0 atom stereocenters. The van der Waals surface area contributed by atoms with Gasteiger partial charge in [-0.3, -0.25) is 0 Å². The standard InChI is InChI=1S/C10H11NO2/c12-5-9-7-3-1-2-4-8(7)10(6-13)11-9/h1-4,11-13H,5-6H2. The average Bonchev–Trinajstić information content (AvgIpc) is 2.56. The van der Waals surface area contributed by atoms with Gasteiger partial charge in [0.05, 0.1) is 13.2 Å². The first-order valence-corrected chi connectivity index (χ1v) is 4.17. The van der Waals surface area contributed by atoms with Crippen molar-refractivity contribution in [2.45, 2.75) is 13.2 Å². The average molecular weight is 177 g/mol. The van der Waals surface area contributed by atoms with Crippen LogP contribution in [0.2, 0.25) is 0 Å². The zero-order valence-electron chi connectivity index (χ0n) is 7.12. The molecule has 1 aromatic carbocycles. The Bertz CT molecular complexity index is 382. The molecule has 0 aliphatic rings. The molecule has 0 aliphatic heterocycles. The summed E-state index contributed by atoms with van der Waals surface area (Å²) >= 11 is 0. The Morgan fingerprint density at radius 2 is 1.38 bits per heavy atom. The maximum absolute atomic E-state index is 9.03. The summed E-state index contributed by atoms with van der Waals surface area (Å²) in [6.45, 7) is -0.0545. The predicted octanol–water partition coefficient (Wildman–Crippen LogP) is 1.15. The third-order valence-electron chi connectivity index (χ3n) is 2.20. The highest BCUT2D eigenvalue weighted by molar-refractivity contribution is 5.88. The van der Waals surface area contributed by atoms with Gasteiger partial charge in [-0.15, -0.1) is 0 Å². The highest BCUT2D eigenvalue weighted by Gasteiger charge is 2.06. The van der Waals surface area contributed by atoms with Crippen LogP contribution in [0.15, 0.2) is 24.3 Å². The van der Waals surface area contributed by atoms with Crippen LogP contribution in [0.1, 0.15) is 11.4 Å². The fourth-order valence-corrected chi connectivity index (χ4v) is 1.58. The van der Waals surface area contributed by atoms with Crippen molar-refractivity contribution in [3.05, 3.63) is 35.7 Å². The summed E-state index contributed by atoms with van der Waals surface area (Å²) in [5.74, 6) is 0. The smallest absolute Gasteiger partial charge is 0.0837 e. The van der Waals surface area contributed by atoms with Gasteiger partial charge in [-0.25, -0.2) is 0 Å². The predicted molar refractivity (Wildman–Crippen MR) is 50.1 cm³/mol. The lowest BCUT2D eigenvalue weighted by atomic mass is 10.1. The maximum Gasteiger partial charge on any atom is 0.0837 e. The molecule has 3 N–H and O–H groups in total. The highest BCUT2D eigenvalue weighted by atomic mass is 16.3. The molecule has 0 saturated carbocycles. The van der Waals surface area contributed by atoms with E-state index in [4.69, 9.17) is 10.2 Å². The minimum Gasteiger partial charge on any atom is -0.390 e. The summed E-state index contributed by atoms with van der Waals surface area (Å²) in [5.41, 5.74) is 1.53. The van der Waals surface area contributed by atoms with Gasteiger partial charge in [0.2, 0.25) is 0 Å². The second-order valence-corrected chi connectivity index (χ2v) is 2.94. The van der Waals surface area contributed by atoms with E-state index in [1.807, 2.05) is 24.3 Å². The van der Waals surface area contributed by atoms with Crippen LogP contribution in [-0.2, 0) is 13.2 Å². The normalized spacial score (nSPS) is 10.9. The van der Waals surface area contributed by atoms with Gasteiger partial charge < -0.3 is 15.2 Å². The molecule has 0 fully saturated rings. The fourth-order valence-electron chi connectivity index (χ4n) is 1.58. The number of fused-ring (bicyclic) bond motifs is 1. The minimum absolute atomic E-state index is 0.0273. The summed E-state index contributed by atoms with van der Waals surface area (Å²) in [4.78, 5) is 2.99. The largest absolute Gasteiger partial charge is 0.390 e. The van der Waals surface area contributed by atoms with Crippen LogP contribution in [0.3, 0.4) is 0 Å². The molecule has 2 rings (SSSR count). The van der Waals surface area contributed by atoms with E-state index in [0.717, 1.165) is 22.2 Å². The quantitative estimate of drug-likeness (QED) is 0.644. The maximum atomic E-state index is 9.03. The molecule has 0 unspecified atom stereocenters. The van der Waals surface area contributed by atoms with E-state index < -0.39 is 0 Å². The second kappa shape index (κ2) is 3.20. The van der Waals surface area contributed by atoms with E-state index >= 15 is 0 Å². The van der Waals surface area contributed by atoms with Crippen LogP contribution in [0.5, 0.6) is 0 Å². The first kappa shape index (κ1) is 8.29. The van der Waals surface area contributed by atoms with Gasteiger partial charge in [0.1, 0.15) is 0 Å². The zero-order valence-corrected chi connectivity index (χ0v) is 7.12. The number of H-pyrrole nitrogens is 1. The molecular weight excluding hydrogens is 166 g/mol. The molecule has 0 amide bonds. The number of rotatable bonds is 2. The Morgan fingerprint density at radius 3 is 1.77 bits per heavy atom. The SMILES string of the molecule is OCc1[nH]c(CO)c2ccccc12. The highest BCUT2D eigenvalue weighted by Crippen LogP contribution is 2.22. The molecule has 0 bridgehead atoms. The summed E-state index contributed by atoms with van der Waals surface area (Å²) in [6.07, 6.45) is 0. The molecule has 0 radical (unpaired) electrons. The number of hydrogen-bond donors (Lipinski definition) is 3. The Labute approximate surface area is 75.6 Å². The number of nitrogens with one attached hydrogen (secondary N) is 1.